The van der Waals surface area contributed by atoms with Crippen LogP contribution in [0.2, 0.25) is 0 Å². The Kier molecular flexibility index (Phi) is 6.14. The van der Waals surface area contributed by atoms with E-state index in [9.17, 15) is 0 Å². The van der Waals surface area contributed by atoms with E-state index in [-0.39, 0.29) is 0 Å². The van der Waals surface area contributed by atoms with Gasteiger partial charge in [0.1, 0.15) is 0 Å². The average Bonchev–Trinajstić information content (AvgIpc) is 3.67. The highest BCUT2D eigenvalue weighted by Crippen LogP contribution is 2.31. The number of hydrogen-bond acceptors (Lipinski definition) is 6. The molecule has 3 atom stereocenters. The standard InChI is InChI=1S/C27H31N7O/c1-33-16-22(14-30-33)19-4-2-5-20(10-19)27-28-12-21(13-29-27)23-15-31-34(17-23)26-7-3-6-24(11-26)32-25-8-9-35-18-25/h2,4-5,10,12-17,24-26,32H,3,6-9,11,18H2,1H3/t24?,25?,26-/m1/s1. The van der Waals surface area contributed by atoms with Gasteiger partial charge in [-0.1, -0.05) is 18.2 Å². The topological polar surface area (TPSA) is 82.7 Å². The zero-order chi connectivity index (χ0) is 23.6. The minimum Gasteiger partial charge on any atom is -0.380 e. The summed E-state index contributed by atoms with van der Waals surface area (Å²) in [4.78, 5) is 9.33. The van der Waals surface area contributed by atoms with Crippen LogP contribution in [0.15, 0.2) is 61.4 Å². The van der Waals surface area contributed by atoms with Crippen molar-refractivity contribution < 1.29 is 4.74 Å². The van der Waals surface area contributed by atoms with Crippen molar-refractivity contribution in [3.05, 3.63) is 61.4 Å². The van der Waals surface area contributed by atoms with E-state index in [2.05, 4.69) is 43.4 Å². The molecule has 2 aliphatic rings. The van der Waals surface area contributed by atoms with Crippen LogP contribution in [0, 0.1) is 0 Å². The van der Waals surface area contributed by atoms with Crippen LogP contribution in [-0.4, -0.2) is 54.8 Å². The van der Waals surface area contributed by atoms with Crippen LogP contribution in [0.4, 0.5) is 0 Å². The maximum absolute atomic E-state index is 5.53. The fraction of sp³-hybridized carbons (Fsp3) is 0.407. The van der Waals surface area contributed by atoms with E-state index in [0.29, 0.717) is 23.9 Å². The van der Waals surface area contributed by atoms with Crippen molar-refractivity contribution in [2.75, 3.05) is 13.2 Å². The van der Waals surface area contributed by atoms with Crippen molar-refractivity contribution in [3.8, 4) is 33.6 Å². The first-order valence-electron chi connectivity index (χ1n) is 12.5. The molecule has 3 aromatic heterocycles. The highest BCUT2D eigenvalue weighted by atomic mass is 16.5. The van der Waals surface area contributed by atoms with Gasteiger partial charge in [-0.25, -0.2) is 9.97 Å². The molecular weight excluding hydrogens is 438 g/mol. The van der Waals surface area contributed by atoms with Gasteiger partial charge in [-0.15, -0.1) is 0 Å². The molecule has 35 heavy (non-hydrogen) atoms. The summed E-state index contributed by atoms with van der Waals surface area (Å²) in [5.74, 6) is 0.712. The third-order valence-electron chi connectivity index (χ3n) is 7.17. The maximum Gasteiger partial charge on any atom is 0.159 e. The number of ether oxygens (including phenoxy) is 1. The molecule has 1 N–H and O–H groups in total. The third-order valence-corrected chi connectivity index (χ3v) is 7.17. The third kappa shape index (κ3) is 4.90. The molecule has 1 aliphatic carbocycles. The Hall–Kier alpha value is -3.36. The first kappa shape index (κ1) is 22.1. The Morgan fingerprint density at radius 3 is 2.49 bits per heavy atom. The van der Waals surface area contributed by atoms with Crippen molar-refractivity contribution in [3.63, 3.8) is 0 Å². The van der Waals surface area contributed by atoms with E-state index >= 15 is 0 Å². The van der Waals surface area contributed by atoms with Crippen molar-refractivity contribution in [2.24, 2.45) is 7.05 Å². The van der Waals surface area contributed by atoms with Crippen molar-refractivity contribution in [1.29, 1.82) is 0 Å². The average molecular weight is 470 g/mol. The summed E-state index contributed by atoms with van der Waals surface area (Å²) in [5, 5.41) is 12.8. The zero-order valence-corrected chi connectivity index (χ0v) is 20.0. The molecule has 180 valence electrons. The van der Waals surface area contributed by atoms with Crippen LogP contribution in [0.5, 0.6) is 0 Å². The van der Waals surface area contributed by atoms with E-state index in [1.165, 1.54) is 19.3 Å². The summed E-state index contributed by atoms with van der Waals surface area (Å²) in [6, 6.07) is 9.73. The highest BCUT2D eigenvalue weighted by Gasteiger charge is 2.27. The van der Waals surface area contributed by atoms with Crippen LogP contribution in [0.1, 0.15) is 38.1 Å². The molecule has 0 radical (unpaired) electrons. The van der Waals surface area contributed by atoms with Gasteiger partial charge in [0, 0.05) is 72.8 Å². The summed E-state index contributed by atoms with van der Waals surface area (Å²) in [7, 11) is 1.92. The van der Waals surface area contributed by atoms with Gasteiger partial charge in [0.05, 0.1) is 25.0 Å². The Morgan fingerprint density at radius 1 is 0.857 bits per heavy atom. The molecule has 1 saturated heterocycles. The molecule has 6 rings (SSSR count). The normalized spacial score (nSPS) is 22.5. The van der Waals surface area contributed by atoms with E-state index in [0.717, 1.165) is 53.9 Å². The Labute approximate surface area is 205 Å². The van der Waals surface area contributed by atoms with E-state index < -0.39 is 0 Å². The quantitative estimate of drug-likeness (QED) is 0.454. The molecule has 8 nitrogen and oxygen atoms in total. The molecule has 0 bridgehead atoms. The van der Waals surface area contributed by atoms with Gasteiger partial charge in [0.2, 0.25) is 0 Å². The number of rotatable bonds is 6. The molecule has 1 saturated carbocycles. The molecule has 4 aromatic rings. The molecule has 1 aromatic carbocycles. The zero-order valence-electron chi connectivity index (χ0n) is 20.0. The minimum absolute atomic E-state index is 0.424. The van der Waals surface area contributed by atoms with Crippen molar-refractivity contribution in [2.45, 2.75) is 50.2 Å². The van der Waals surface area contributed by atoms with Crippen LogP contribution in [-0.2, 0) is 11.8 Å². The predicted octanol–water partition coefficient (Wildman–Crippen LogP) is 4.27. The lowest BCUT2D eigenvalue weighted by molar-refractivity contribution is 0.182. The molecule has 0 amide bonds. The lowest BCUT2D eigenvalue weighted by Crippen LogP contribution is -2.41. The van der Waals surface area contributed by atoms with Gasteiger partial charge in [-0.05, 0) is 43.7 Å². The predicted molar refractivity (Wildman–Crippen MR) is 135 cm³/mol. The molecule has 1 aliphatic heterocycles. The fourth-order valence-corrected chi connectivity index (χ4v) is 5.28. The Bertz CT molecular complexity index is 1270. The lowest BCUT2D eigenvalue weighted by atomic mass is 9.90. The molecular formula is C27H31N7O. The van der Waals surface area contributed by atoms with Crippen LogP contribution in [0.25, 0.3) is 33.6 Å². The summed E-state index contributed by atoms with van der Waals surface area (Å²) in [6.07, 6.45) is 17.6. The van der Waals surface area contributed by atoms with Crippen LogP contribution in [0.3, 0.4) is 0 Å². The molecule has 4 heterocycles. The SMILES string of the molecule is Cn1cc(-c2cccc(-c3ncc(-c4cnn([C@@H]5CCCC(NC6CCOC6)C5)c4)cn3)c2)cn1. The van der Waals surface area contributed by atoms with Gasteiger partial charge in [0.15, 0.2) is 5.82 Å². The maximum atomic E-state index is 5.53. The van der Waals surface area contributed by atoms with Gasteiger partial charge < -0.3 is 10.1 Å². The summed E-state index contributed by atoms with van der Waals surface area (Å²) >= 11 is 0. The van der Waals surface area contributed by atoms with Crippen molar-refractivity contribution in [1.82, 2.24) is 34.8 Å². The van der Waals surface area contributed by atoms with Gasteiger partial charge in [-0.2, -0.15) is 10.2 Å². The fourth-order valence-electron chi connectivity index (χ4n) is 5.28. The smallest absolute Gasteiger partial charge is 0.159 e. The summed E-state index contributed by atoms with van der Waals surface area (Å²) in [5.41, 5.74) is 5.21. The van der Waals surface area contributed by atoms with Crippen molar-refractivity contribution >= 4 is 0 Å². The van der Waals surface area contributed by atoms with Crippen LogP contribution >= 0.6 is 0 Å². The second-order valence-corrected chi connectivity index (χ2v) is 9.73. The van der Waals surface area contributed by atoms with Gasteiger partial charge in [0.25, 0.3) is 0 Å². The number of hydrogen-bond donors (Lipinski definition) is 1. The Balaban J connectivity index is 1.15. The number of benzene rings is 1. The van der Waals surface area contributed by atoms with Crippen LogP contribution < -0.4 is 5.32 Å². The second kappa shape index (κ2) is 9.71. The summed E-state index contributed by atoms with van der Waals surface area (Å²) in [6.45, 7) is 1.73. The van der Waals surface area contributed by atoms with E-state index in [1.807, 2.05) is 54.8 Å². The van der Waals surface area contributed by atoms with E-state index in [4.69, 9.17) is 9.84 Å². The first-order chi connectivity index (χ1) is 17.2. The van der Waals surface area contributed by atoms with Gasteiger partial charge >= 0.3 is 0 Å². The number of aryl methyl sites for hydroxylation is 1. The number of aromatic nitrogens is 6. The first-order valence-corrected chi connectivity index (χ1v) is 12.5. The molecule has 2 fully saturated rings. The molecule has 0 spiro atoms. The molecule has 8 heteroatoms. The lowest BCUT2D eigenvalue weighted by Gasteiger charge is -2.31. The largest absolute Gasteiger partial charge is 0.380 e. The van der Waals surface area contributed by atoms with Gasteiger partial charge in [-0.3, -0.25) is 9.36 Å². The monoisotopic (exact) mass is 469 g/mol. The Morgan fingerprint density at radius 2 is 1.69 bits per heavy atom. The number of nitrogens with one attached hydrogen (secondary N) is 1. The highest BCUT2D eigenvalue weighted by molar-refractivity contribution is 5.70. The number of nitrogens with zero attached hydrogens (tertiary/aromatic N) is 6. The summed E-state index contributed by atoms with van der Waals surface area (Å²) < 4.78 is 9.48. The molecule has 2 unspecified atom stereocenters. The second-order valence-electron chi connectivity index (χ2n) is 9.73. The van der Waals surface area contributed by atoms with E-state index in [1.54, 1.807) is 0 Å². The minimum atomic E-state index is 0.424.